The molecule has 0 atom stereocenters. The van der Waals surface area contributed by atoms with E-state index in [1.165, 1.54) is 5.56 Å². The summed E-state index contributed by atoms with van der Waals surface area (Å²) < 4.78 is 11.3. The van der Waals surface area contributed by atoms with Crippen LogP contribution in [-0.2, 0) is 11.2 Å². The Bertz CT molecular complexity index is 779. The maximum atomic E-state index is 11.7. The van der Waals surface area contributed by atoms with Crippen LogP contribution in [0.2, 0.25) is 0 Å². The van der Waals surface area contributed by atoms with E-state index in [2.05, 4.69) is 24.0 Å². The number of carbonyl (C=O) groups excluding carboxylic acids is 1. The van der Waals surface area contributed by atoms with Gasteiger partial charge in [0.15, 0.2) is 0 Å². The van der Waals surface area contributed by atoms with Gasteiger partial charge in [-0.1, -0.05) is 24.3 Å². The molecule has 1 aliphatic heterocycles. The van der Waals surface area contributed by atoms with Crippen LogP contribution in [-0.4, -0.2) is 51.1 Å². The number of rotatable bonds is 6. The van der Waals surface area contributed by atoms with Gasteiger partial charge >= 0.3 is 0 Å². The van der Waals surface area contributed by atoms with Gasteiger partial charge in [-0.2, -0.15) is 0 Å². The molecule has 1 fully saturated rings. The quantitative estimate of drug-likeness (QED) is 0.743. The highest BCUT2D eigenvalue weighted by Crippen LogP contribution is 2.39. The van der Waals surface area contributed by atoms with E-state index in [-0.39, 0.29) is 0 Å². The van der Waals surface area contributed by atoms with E-state index in [1.807, 2.05) is 25.1 Å². The third kappa shape index (κ3) is 3.81. The summed E-state index contributed by atoms with van der Waals surface area (Å²) in [6.07, 6.45) is 1.80. The van der Waals surface area contributed by atoms with E-state index < -0.39 is 0 Å². The average molecular weight is 353 g/mol. The molecule has 0 unspecified atom stereocenters. The van der Waals surface area contributed by atoms with Gasteiger partial charge in [0.1, 0.15) is 12.0 Å². The Morgan fingerprint density at radius 1 is 1.19 bits per heavy atom. The number of aldehydes is 1. The first-order valence-electron chi connectivity index (χ1n) is 9.17. The van der Waals surface area contributed by atoms with Crippen LogP contribution in [0.25, 0.3) is 11.1 Å². The van der Waals surface area contributed by atoms with Crippen molar-refractivity contribution in [3.63, 3.8) is 0 Å². The summed E-state index contributed by atoms with van der Waals surface area (Å²) in [5.74, 6) is 0.885. The third-order valence-electron chi connectivity index (χ3n) is 5.20. The lowest BCUT2D eigenvalue weighted by molar-refractivity contribution is 0.0384. The van der Waals surface area contributed by atoms with Crippen LogP contribution < -0.4 is 4.74 Å². The highest BCUT2D eigenvalue weighted by molar-refractivity contribution is 5.87. The fraction of sp³-hybridized carbons (Fsp3) is 0.409. The minimum atomic E-state index is 0.737. The van der Waals surface area contributed by atoms with Crippen LogP contribution in [0, 0.1) is 13.8 Å². The molecule has 0 spiro atoms. The van der Waals surface area contributed by atoms with Crippen LogP contribution in [0.4, 0.5) is 0 Å². The zero-order valence-electron chi connectivity index (χ0n) is 15.9. The van der Waals surface area contributed by atoms with Gasteiger partial charge in [-0.15, -0.1) is 0 Å². The first-order valence-corrected chi connectivity index (χ1v) is 9.17. The lowest BCUT2D eigenvalue weighted by Gasteiger charge is -2.27. The maximum absolute atomic E-state index is 11.7. The van der Waals surface area contributed by atoms with Crippen LogP contribution in [0.15, 0.2) is 30.3 Å². The molecule has 2 aromatic rings. The van der Waals surface area contributed by atoms with Crippen molar-refractivity contribution in [2.24, 2.45) is 0 Å². The first-order chi connectivity index (χ1) is 12.7. The maximum Gasteiger partial charge on any atom is 0.150 e. The molecule has 1 saturated heterocycles. The standard InChI is InChI=1S/C22H27NO3/c1-16-6-4-5-7-20(16)21-17(2)19(15-24)14-18(22(21)25-3)8-9-23-10-12-26-13-11-23/h4-7,14-15H,8-13H2,1-3H3. The Kier molecular flexibility index (Phi) is 6.07. The summed E-state index contributed by atoms with van der Waals surface area (Å²) in [4.78, 5) is 14.1. The van der Waals surface area contributed by atoms with E-state index >= 15 is 0 Å². The van der Waals surface area contributed by atoms with Crippen molar-refractivity contribution in [3.8, 4) is 16.9 Å². The number of methoxy groups -OCH3 is 1. The molecule has 4 nitrogen and oxygen atoms in total. The second kappa shape index (κ2) is 8.47. The van der Waals surface area contributed by atoms with Gasteiger partial charge in [0.25, 0.3) is 0 Å². The number of benzene rings is 2. The van der Waals surface area contributed by atoms with Crippen molar-refractivity contribution in [1.29, 1.82) is 0 Å². The first kappa shape index (κ1) is 18.6. The molecule has 3 rings (SSSR count). The minimum Gasteiger partial charge on any atom is -0.496 e. The summed E-state index contributed by atoms with van der Waals surface area (Å²) in [6, 6.07) is 10.2. The molecule has 0 N–H and O–H groups in total. The average Bonchev–Trinajstić information content (AvgIpc) is 2.68. The van der Waals surface area contributed by atoms with Gasteiger partial charge in [-0.05, 0) is 48.6 Å². The molecule has 1 heterocycles. The molecule has 0 saturated carbocycles. The Morgan fingerprint density at radius 3 is 2.58 bits per heavy atom. The Morgan fingerprint density at radius 2 is 1.92 bits per heavy atom. The van der Waals surface area contributed by atoms with Crippen molar-refractivity contribution in [3.05, 3.63) is 52.6 Å². The molecule has 0 aromatic heterocycles. The molecule has 1 aliphatic rings. The fourth-order valence-corrected chi connectivity index (χ4v) is 3.66. The predicted octanol–water partition coefficient (Wildman–Crippen LogP) is 3.67. The third-order valence-corrected chi connectivity index (χ3v) is 5.20. The number of ether oxygens (including phenoxy) is 2. The van der Waals surface area contributed by atoms with E-state index in [0.717, 1.165) is 79.1 Å². The monoisotopic (exact) mass is 353 g/mol. The highest BCUT2D eigenvalue weighted by atomic mass is 16.5. The second-order valence-electron chi connectivity index (χ2n) is 6.79. The lowest BCUT2D eigenvalue weighted by atomic mass is 9.89. The number of morpholine rings is 1. The SMILES string of the molecule is COc1c(CCN2CCOCC2)cc(C=O)c(C)c1-c1ccccc1C. The number of nitrogens with zero attached hydrogens (tertiary/aromatic N) is 1. The van der Waals surface area contributed by atoms with Crippen molar-refractivity contribution in [2.45, 2.75) is 20.3 Å². The minimum absolute atomic E-state index is 0.737. The summed E-state index contributed by atoms with van der Waals surface area (Å²) in [5, 5.41) is 0. The van der Waals surface area contributed by atoms with Crippen molar-refractivity contribution >= 4 is 6.29 Å². The molecule has 4 heteroatoms. The fourth-order valence-electron chi connectivity index (χ4n) is 3.66. The van der Waals surface area contributed by atoms with E-state index in [4.69, 9.17) is 9.47 Å². The van der Waals surface area contributed by atoms with Crippen molar-refractivity contribution < 1.29 is 14.3 Å². The lowest BCUT2D eigenvalue weighted by Crippen LogP contribution is -2.37. The number of hydrogen-bond donors (Lipinski definition) is 0. The molecule has 0 aliphatic carbocycles. The number of hydrogen-bond acceptors (Lipinski definition) is 4. The summed E-state index contributed by atoms with van der Waals surface area (Å²) >= 11 is 0. The van der Waals surface area contributed by atoms with Gasteiger partial charge < -0.3 is 9.47 Å². The van der Waals surface area contributed by atoms with Gasteiger partial charge in [0, 0.05) is 30.8 Å². The van der Waals surface area contributed by atoms with Gasteiger partial charge in [0.2, 0.25) is 0 Å². The van der Waals surface area contributed by atoms with E-state index in [0.29, 0.717) is 0 Å². The van der Waals surface area contributed by atoms with Crippen LogP contribution in [0.3, 0.4) is 0 Å². The van der Waals surface area contributed by atoms with E-state index in [9.17, 15) is 4.79 Å². The van der Waals surface area contributed by atoms with E-state index in [1.54, 1.807) is 7.11 Å². The van der Waals surface area contributed by atoms with Crippen LogP contribution in [0.1, 0.15) is 27.0 Å². The predicted molar refractivity (Wildman–Crippen MR) is 104 cm³/mol. The zero-order chi connectivity index (χ0) is 18.5. The van der Waals surface area contributed by atoms with Crippen molar-refractivity contribution in [1.82, 2.24) is 4.90 Å². The summed E-state index contributed by atoms with van der Waals surface area (Å²) in [5.41, 5.74) is 6.13. The highest BCUT2D eigenvalue weighted by Gasteiger charge is 2.20. The number of aryl methyl sites for hydroxylation is 1. The molecule has 26 heavy (non-hydrogen) atoms. The molecule has 0 bridgehead atoms. The van der Waals surface area contributed by atoms with Crippen molar-refractivity contribution in [2.75, 3.05) is 40.0 Å². The molecule has 0 amide bonds. The molecule has 138 valence electrons. The smallest absolute Gasteiger partial charge is 0.150 e. The second-order valence-corrected chi connectivity index (χ2v) is 6.79. The van der Waals surface area contributed by atoms with Gasteiger partial charge in [0.05, 0.1) is 20.3 Å². The molecule has 0 radical (unpaired) electrons. The summed E-state index contributed by atoms with van der Waals surface area (Å²) in [6.45, 7) is 8.53. The molecular formula is C22H27NO3. The molecule has 2 aromatic carbocycles. The Hall–Kier alpha value is -2.17. The molecular weight excluding hydrogens is 326 g/mol. The van der Waals surface area contributed by atoms with Crippen LogP contribution in [0.5, 0.6) is 5.75 Å². The number of carbonyl (C=O) groups is 1. The van der Waals surface area contributed by atoms with Gasteiger partial charge in [-0.3, -0.25) is 9.69 Å². The largest absolute Gasteiger partial charge is 0.496 e. The topological polar surface area (TPSA) is 38.8 Å². The Labute approximate surface area is 155 Å². The Balaban J connectivity index is 2.02. The van der Waals surface area contributed by atoms with Crippen LogP contribution >= 0.6 is 0 Å². The summed E-state index contributed by atoms with van der Waals surface area (Å²) in [7, 11) is 1.72. The normalized spacial score (nSPS) is 15.0. The zero-order valence-corrected chi connectivity index (χ0v) is 15.9. The van der Waals surface area contributed by atoms with Gasteiger partial charge in [-0.25, -0.2) is 0 Å².